The van der Waals surface area contributed by atoms with Crippen LogP contribution in [0.4, 0.5) is 0 Å². The average molecular weight is 359 g/mol. The van der Waals surface area contributed by atoms with Crippen LogP contribution in [0.2, 0.25) is 0 Å². The normalized spacial score (nSPS) is 10.5. The van der Waals surface area contributed by atoms with Crippen molar-refractivity contribution in [2.45, 2.75) is 13.0 Å². The van der Waals surface area contributed by atoms with Gasteiger partial charge in [0.25, 0.3) is 5.56 Å². The van der Waals surface area contributed by atoms with Gasteiger partial charge in [0.15, 0.2) is 0 Å². The highest BCUT2D eigenvalue weighted by Gasteiger charge is 2.06. The second-order valence-electron chi connectivity index (χ2n) is 3.45. The Morgan fingerprint density at radius 1 is 1.29 bits per heavy atom. The van der Waals surface area contributed by atoms with Crippen LogP contribution in [-0.4, -0.2) is 14.8 Å². The number of halogens is 2. The van der Waals surface area contributed by atoms with Crippen LogP contribution in [0.3, 0.4) is 0 Å². The molecule has 88 valence electrons. The van der Waals surface area contributed by atoms with Crippen molar-refractivity contribution in [3.63, 3.8) is 0 Å². The molecule has 6 heteroatoms. The molecule has 0 unspecified atom stereocenters. The number of aryl methyl sites for hydroxylation is 2. The second-order valence-corrected chi connectivity index (χ2v) is 5.09. The highest BCUT2D eigenvalue weighted by Crippen LogP contribution is 2.16. The van der Waals surface area contributed by atoms with Crippen molar-refractivity contribution in [2.24, 2.45) is 0 Å². The van der Waals surface area contributed by atoms with Crippen LogP contribution >= 0.6 is 31.9 Å². The molecule has 0 aromatic carbocycles. The summed E-state index contributed by atoms with van der Waals surface area (Å²) in [5.41, 5.74) is 0.948. The van der Waals surface area contributed by atoms with Crippen LogP contribution in [0.25, 0.3) is 0 Å². The lowest BCUT2D eigenvalue weighted by molar-refractivity contribution is 0.573. The molecule has 0 amide bonds. The molecular weight excluding hydrogens is 350 g/mol. The Morgan fingerprint density at radius 2 is 2.12 bits per heavy atom. The molecule has 0 aliphatic heterocycles. The lowest BCUT2D eigenvalue weighted by Gasteiger charge is -2.05. The van der Waals surface area contributed by atoms with Crippen molar-refractivity contribution in [1.29, 1.82) is 0 Å². The van der Waals surface area contributed by atoms with E-state index < -0.39 is 0 Å². The zero-order valence-electron chi connectivity index (χ0n) is 8.81. The van der Waals surface area contributed by atoms with Crippen LogP contribution in [0, 0.1) is 0 Å². The molecule has 2 aromatic heterocycles. The summed E-state index contributed by atoms with van der Waals surface area (Å²) in [4.78, 5) is 15.8. The number of rotatable bonds is 3. The number of aromatic nitrogens is 3. The molecule has 0 saturated carbocycles. The van der Waals surface area contributed by atoms with E-state index in [1.807, 2.05) is 12.1 Å². The molecule has 0 aliphatic carbocycles. The van der Waals surface area contributed by atoms with E-state index in [1.165, 1.54) is 4.68 Å². The standard InChI is InChI=1S/C11H9Br2N3O/c12-9-7-15-16(11(17)10(9)13)5-3-8-2-1-4-14-6-8/h1-2,4,6-7H,3,5H2. The number of nitrogens with zero attached hydrogens (tertiary/aromatic N) is 3. The number of pyridine rings is 1. The molecule has 17 heavy (non-hydrogen) atoms. The van der Waals surface area contributed by atoms with E-state index in [4.69, 9.17) is 0 Å². The highest BCUT2D eigenvalue weighted by atomic mass is 79.9. The van der Waals surface area contributed by atoms with Crippen LogP contribution in [0.1, 0.15) is 5.56 Å². The van der Waals surface area contributed by atoms with Gasteiger partial charge < -0.3 is 0 Å². The lowest BCUT2D eigenvalue weighted by Crippen LogP contribution is -2.24. The fraction of sp³-hybridized carbons (Fsp3) is 0.182. The number of hydrogen-bond donors (Lipinski definition) is 0. The molecular formula is C11H9Br2N3O. The zero-order chi connectivity index (χ0) is 12.3. The first-order valence-electron chi connectivity index (χ1n) is 4.98. The third-order valence-corrected chi connectivity index (χ3v) is 4.18. The van der Waals surface area contributed by atoms with Gasteiger partial charge in [0.05, 0.1) is 10.7 Å². The Balaban J connectivity index is 2.16. The molecule has 0 atom stereocenters. The van der Waals surface area contributed by atoms with Gasteiger partial charge in [0.1, 0.15) is 4.47 Å². The third-order valence-electron chi connectivity index (χ3n) is 2.28. The van der Waals surface area contributed by atoms with E-state index in [0.717, 1.165) is 12.0 Å². The fourth-order valence-corrected chi connectivity index (χ4v) is 1.95. The summed E-state index contributed by atoms with van der Waals surface area (Å²) in [6.45, 7) is 0.538. The van der Waals surface area contributed by atoms with Crippen LogP contribution in [0.15, 0.2) is 44.5 Å². The topological polar surface area (TPSA) is 47.8 Å². The summed E-state index contributed by atoms with van der Waals surface area (Å²) in [7, 11) is 0. The van der Waals surface area contributed by atoms with Crippen molar-refractivity contribution in [1.82, 2.24) is 14.8 Å². The van der Waals surface area contributed by atoms with Crippen molar-refractivity contribution < 1.29 is 0 Å². The minimum Gasteiger partial charge on any atom is -0.266 e. The molecule has 0 radical (unpaired) electrons. The van der Waals surface area contributed by atoms with E-state index >= 15 is 0 Å². The van der Waals surface area contributed by atoms with Crippen molar-refractivity contribution >= 4 is 31.9 Å². The Hall–Kier alpha value is -1.01. The smallest absolute Gasteiger partial charge is 0.266 e. The first-order chi connectivity index (χ1) is 8.18. The van der Waals surface area contributed by atoms with Crippen molar-refractivity contribution in [3.05, 3.63) is 55.6 Å². The third kappa shape index (κ3) is 3.01. The summed E-state index contributed by atoms with van der Waals surface area (Å²) in [5, 5.41) is 4.06. The quantitative estimate of drug-likeness (QED) is 0.846. The van der Waals surface area contributed by atoms with Gasteiger partial charge in [-0.25, -0.2) is 4.68 Å². The maximum atomic E-state index is 11.8. The molecule has 0 spiro atoms. The predicted octanol–water partition coefficient (Wildman–Crippen LogP) is 2.41. The molecule has 0 fully saturated rings. The molecule has 2 heterocycles. The largest absolute Gasteiger partial charge is 0.282 e. The van der Waals surface area contributed by atoms with E-state index in [-0.39, 0.29) is 5.56 Å². The summed E-state index contributed by atoms with van der Waals surface area (Å²) < 4.78 is 2.60. The van der Waals surface area contributed by atoms with Crippen LogP contribution < -0.4 is 5.56 Å². The number of hydrogen-bond acceptors (Lipinski definition) is 3. The van der Waals surface area contributed by atoms with Gasteiger partial charge in [0, 0.05) is 18.9 Å². The summed E-state index contributed by atoms with van der Waals surface area (Å²) in [5.74, 6) is 0. The summed E-state index contributed by atoms with van der Waals surface area (Å²) >= 11 is 6.47. The zero-order valence-corrected chi connectivity index (χ0v) is 12.0. The van der Waals surface area contributed by atoms with Gasteiger partial charge in [-0.15, -0.1) is 0 Å². The maximum absolute atomic E-state index is 11.8. The molecule has 2 aromatic rings. The second kappa shape index (κ2) is 5.55. The SMILES string of the molecule is O=c1c(Br)c(Br)cnn1CCc1cccnc1. The van der Waals surface area contributed by atoms with E-state index in [0.29, 0.717) is 15.5 Å². The Labute approximate surface area is 115 Å². The van der Waals surface area contributed by atoms with Gasteiger partial charge >= 0.3 is 0 Å². The van der Waals surface area contributed by atoms with Crippen molar-refractivity contribution in [2.75, 3.05) is 0 Å². The Bertz CT molecular complexity index is 569. The highest BCUT2D eigenvalue weighted by molar-refractivity contribution is 9.13. The van der Waals surface area contributed by atoms with E-state index in [9.17, 15) is 4.79 Å². The first-order valence-corrected chi connectivity index (χ1v) is 6.57. The van der Waals surface area contributed by atoms with Gasteiger partial charge in [-0.2, -0.15) is 5.10 Å². The van der Waals surface area contributed by atoms with Gasteiger partial charge in [-0.05, 0) is 49.9 Å². The molecule has 0 bridgehead atoms. The molecule has 0 saturated heterocycles. The monoisotopic (exact) mass is 357 g/mol. The molecule has 2 rings (SSSR count). The Kier molecular flexibility index (Phi) is 4.06. The predicted molar refractivity (Wildman–Crippen MR) is 71.8 cm³/mol. The maximum Gasteiger partial charge on any atom is 0.282 e. The first kappa shape index (κ1) is 12.4. The molecule has 0 aliphatic rings. The minimum absolute atomic E-state index is 0.136. The van der Waals surface area contributed by atoms with E-state index in [2.05, 4.69) is 41.9 Å². The lowest BCUT2D eigenvalue weighted by atomic mass is 10.2. The summed E-state index contributed by atoms with van der Waals surface area (Å²) in [6.07, 6.45) is 5.85. The summed E-state index contributed by atoms with van der Waals surface area (Å²) in [6, 6.07) is 3.86. The van der Waals surface area contributed by atoms with Crippen LogP contribution in [-0.2, 0) is 13.0 Å². The van der Waals surface area contributed by atoms with Crippen LogP contribution in [0.5, 0.6) is 0 Å². The van der Waals surface area contributed by atoms with E-state index in [1.54, 1.807) is 18.6 Å². The van der Waals surface area contributed by atoms with Crippen molar-refractivity contribution in [3.8, 4) is 0 Å². The van der Waals surface area contributed by atoms with Gasteiger partial charge in [-0.1, -0.05) is 6.07 Å². The molecule has 4 nitrogen and oxygen atoms in total. The van der Waals surface area contributed by atoms with Gasteiger partial charge in [0.2, 0.25) is 0 Å². The van der Waals surface area contributed by atoms with Gasteiger partial charge in [-0.3, -0.25) is 9.78 Å². The average Bonchev–Trinajstić information content (AvgIpc) is 2.36. The fourth-order valence-electron chi connectivity index (χ4n) is 1.39. The Morgan fingerprint density at radius 3 is 2.82 bits per heavy atom. The minimum atomic E-state index is -0.136. The molecule has 0 N–H and O–H groups in total.